The van der Waals surface area contributed by atoms with E-state index in [4.69, 9.17) is 0 Å². The summed E-state index contributed by atoms with van der Waals surface area (Å²) >= 11 is 0. The van der Waals surface area contributed by atoms with Crippen LogP contribution in [0.4, 0.5) is 0 Å². The topological polar surface area (TPSA) is 0 Å². The molecular formula is C13H19. The molecule has 2 rings (SSSR count). The van der Waals surface area contributed by atoms with Crippen molar-refractivity contribution in [2.45, 2.75) is 52.4 Å². The molecule has 1 radical (unpaired) electrons. The maximum atomic E-state index is 3.64. The molecule has 0 nitrogen and oxygen atoms in total. The molecule has 71 valence electrons. The van der Waals surface area contributed by atoms with Gasteiger partial charge in [0.05, 0.1) is 0 Å². The van der Waals surface area contributed by atoms with E-state index >= 15 is 0 Å². The van der Waals surface area contributed by atoms with E-state index in [1.165, 1.54) is 38.5 Å². The molecule has 0 saturated carbocycles. The number of allylic oxidation sites excluding steroid dienone is 4. The Bertz CT molecular complexity index is 255. The molecule has 0 N–H and O–H groups in total. The van der Waals surface area contributed by atoms with E-state index in [2.05, 4.69) is 19.9 Å². The molecule has 1 unspecified atom stereocenters. The first-order valence-electron chi connectivity index (χ1n) is 5.67. The lowest BCUT2D eigenvalue weighted by molar-refractivity contribution is 0.626. The van der Waals surface area contributed by atoms with Crippen LogP contribution in [-0.4, -0.2) is 0 Å². The molecule has 0 amide bonds. The fourth-order valence-corrected chi connectivity index (χ4v) is 2.61. The second kappa shape index (κ2) is 3.69. The maximum Gasteiger partial charge on any atom is -0.000606 e. The van der Waals surface area contributed by atoms with Crippen molar-refractivity contribution in [2.75, 3.05) is 0 Å². The van der Waals surface area contributed by atoms with Crippen molar-refractivity contribution in [3.8, 4) is 0 Å². The summed E-state index contributed by atoms with van der Waals surface area (Å²) in [6, 6.07) is 0. The van der Waals surface area contributed by atoms with Crippen LogP contribution in [0.3, 0.4) is 0 Å². The molecule has 0 heterocycles. The zero-order valence-electron chi connectivity index (χ0n) is 8.82. The van der Waals surface area contributed by atoms with Crippen molar-refractivity contribution in [1.82, 2.24) is 0 Å². The van der Waals surface area contributed by atoms with Gasteiger partial charge in [-0.1, -0.05) is 31.4 Å². The molecule has 0 saturated heterocycles. The minimum absolute atomic E-state index is 0.732. The summed E-state index contributed by atoms with van der Waals surface area (Å²) in [5.74, 6) is 0.732. The van der Waals surface area contributed by atoms with Gasteiger partial charge < -0.3 is 0 Å². The van der Waals surface area contributed by atoms with E-state index in [9.17, 15) is 0 Å². The highest BCUT2D eigenvalue weighted by molar-refractivity contribution is 5.38. The van der Waals surface area contributed by atoms with Crippen LogP contribution in [0.1, 0.15) is 52.4 Å². The Morgan fingerprint density at radius 2 is 2.08 bits per heavy atom. The van der Waals surface area contributed by atoms with Gasteiger partial charge in [0, 0.05) is 0 Å². The average Bonchev–Trinajstić information content (AvgIpc) is 2.46. The predicted molar refractivity (Wildman–Crippen MR) is 56.3 cm³/mol. The van der Waals surface area contributed by atoms with Crippen LogP contribution < -0.4 is 0 Å². The lowest BCUT2D eigenvalue weighted by Gasteiger charge is -2.18. The summed E-state index contributed by atoms with van der Waals surface area (Å²) in [7, 11) is 0. The van der Waals surface area contributed by atoms with Crippen LogP contribution in [0.15, 0.2) is 16.7 Å². The molecule has 0 aromatic heterocycles. The van der Waals surface area contributed by atoms with Crippen molar-refractivity contribution < 1.29 is 0 Å². The predicted octanol–water partition coefficient (Wildman–Crippen LogP) is 4.04. The van der Waals surface area contributed by atoms with E-state index in [0.717, 1.165) is 5.92 Å². The molecular weight excluding hydrogens is 156 g/mol. The van der Waals surface area contributed by atoms with Gasteiger partial charge in [0.2, 0.25) is 0 Å². The highest BCUT2D eigenvalue weighted by Crippen LogP contribution is 2.40. The third-order valence-corrected chi connectivity index (χ3v) is 3.39. The first-order chi connectivity index (χ1) is 6.33. The van der Waals surface area contributed by atoms with Crippen molar-refractivity contribution in [2.24, 2.45) is 5.92 Å². The van der Waals surface area contributed by atoms with Crippen LogP contribution >= 0.6 is 0 Å². The van der Waals surface area contributed by atoms with Crippen LogP contribution in [0.2, 0.25) is 0 Å². The van der Waals surface area contributed by atoms with Crippen LogP contribution in [0.5, 0.6) is 0 Å². The van der Waals surface area contributed by atoms with Crippen LogP contribution in [0.25, 0.3) is 0 Å². The summed E-state index contributed by atoms with van der Waals surface area (Å²) in [4.78, 5) is 0. The zero-order chi connectivity index (χ0) is 9.26. The van der Waals surface area contributed by atoms with Gasteiger partial charge in [-0.25, -0.2) is 0 Å². The van der Waals surface area contributed by atoms with Gasteiger partial charge in [0.15, 0.2) is 0 Å². The van der Waals surface area contributed by atoms with E-state index in [1.54, 1.807) is 16.7 Å². The highest BCUT2D eigenvalue weighted by Gasteiger charge is 2.25. The van der Waals surface area contributed by atoms with Gasteiger partial charge in [-0.2, -0.15) is 0 Å². The molecule has 2 aliphatic carbocycles. The number of rotatable bonds is 2. The van der Waals surface area contributed by atoms with Crippen molar-refractivity contribution in [3.63, 3.8) is 0 Å². The fourth-order valence-electron chi connectivity index (χ4n) is 2.61. The third kappa shape index (κ3) is 1.59. The molecule has 0 aliphatic heterocycles. The molecule has 0 spiro atoms. The quantitative estimate of drug-likeness (QED) is 0.594. The lowest BCUT2D eigenvalue weighted by Crippen LogP contribution is -2.02. The maximum absolute atomic E-state index is 3.64. The number of hydrogen-bond donors (Lipinski definition) is 0. The Morgan fingerprint density at radius 1 is 1.31 bits per heavy atom. The smallest absolute Gasteiger partial charge is 0.000606 e. The largest absolute Gasteiger partial charge is 0.0651 e. The molecule has 0 aromatic carbocycles. The molecule has 13 heavy (non-hydrogen) atoms. The van der Waals surface area contributed by atoms with Gasteiger partial charge in [0.1, 0.15) is 0 Å². The second-order valence-electron chi connectivity index (χ2n) is 4.33. The summed E-state index contributed by atoms with van der Waals surface area (Å²) in [6.45, 7) is 4.63. The molecule has 0 fully saturated rings. The van der Waals surface area contributed by atoms with Gasteiger partial charge in [-0.3, -0.25) is 0 Å². The minimum atomic E-state index is 0.732. The average molecular weight is 175 g/mol. The Kier molecular flexibility index (Phi) is 2.57. The van der Waals surface area contributed by atoms with E-state index in [0.29, 0.717) is 0 Å². The van der Waals surface area contributed by atoms with E-state index in [-0.39, 0.29) is 0 Å². The Labute approximate surface area is 81.7 Å². The molecule has 1 atom stereocenters. The van der Waals surface area contributed by atoms with Crippen molar-refractivity contribution in [3.05, 3.63) is 22.8 Å². The highest BCUT2D eigenvalue weighted by atomic mass is 14.3. The van der Waals surface area contributed by atoms with E-state index < -0.39 is 0 Å². The standard InChI is InChI=1S/C13H19/c1-3-6-11-9-12-7-4-5-8-13(12)10(11)2/h10H,3-8H2,1-2H3. The Balaban J connectivity index is 2.14. The Hall–Kier alpha value is -0.520. The summed E-state index contributed by atoms with van der Waals surface area (Å²) in [5.41, 5.74) is 4.87. The van der Waals surface area contributed by atoms with Crippen LogP contribution in [-0.2, 0) is 0 Å². The van der Waals surface area contributed by atoms with Gasteiger partial charge in [-0.05, 0) is 49.7 Å². The van der Waals surface area contributed by atoms with Gasteiger partial charge >= 0.3 is 0 Å². The number of hydrogen-bond acceptors (Lipinski definition) is 0. The first-order valence-corrected chi connectivity index (χ1v) is 5.67. The fraction of sp³-hybridized carbons (Fsp3) is 0.692. The molecule has 2 aliphatic rings. The van der Waals surface area contributed by atoms with E-state index in [1.807, 2.05) is 0 Å². The lowest BCUT2D eigenvalue weighted by atomic mass is 9.87. The van der Waals surface area contributed by atoms with Crippen molar-refractivity contribution >= 4 is 0 Å². The monoisotopic (exact) mass is 175 g/mol. The summed E-state index contributed by atoms with van der Waals surface area (Å²) < 4.78 is 0. The second-order valence-corrected chi connectivity index (χ2v) is 4.33. The van der Waals surface area contributed by atoms with Crippen molar-refractivity contribution in [1.29, 1.82) is 0 Å². The molecule has 0 heteroatoms. The zero-order valence-corrected chi connectivity index (χ0v) is 8.82. The minimum Gasteiger partial charge on any atom is -0.0651 e. The van der Waals surface area contributed by atoms with Gasteiger partial charge in [-0.15, -0.1) is 0 Å². The molecule has 0 bridgehead atoms. The first kappa shape index (κ1) is 9.05. The van der Waals surface area contributed by atoms with Gasteiger partial charge in [0.25, 0.3) is 0 Å². The summed E-state index contributed by atoms with van der Waals surface area (Å²) in [6.07, 6.45) is 11.6. The third-order valence-electron chi connectivity index (χ3n) is 3.39. The summed E-state index contributed by atoms with van der Waals surface area (Å²) in [5, 5.41) is 0. The van der Waals surface area contributed by atoms with Crippen LogP contribution in [0, 0.1) is 12.0 Å². The Morgan fingerprint density at radius 3 is 2.77 bits per heavy atom. The SMILES string of the molecule is CCCC1=[C]C2=C(CCCC2)C1C. The normalized spacial score (nSPS) is 27.5. The molecule has 0 aromatic rings.